The number of amides is 2. The molecule has 134 valence electrons. The second-order valence-corrected chi connectivity index (χ2v) is 6.99. The quantitative estimate of drug-likeness (QED) is 0.535. The summed E-state index contributed by atoms with van der Waals surface area (Å²) in [4.78, 5) is 11.4. The average Bonchev–Trinajstić information content (AvgIpc) is 2.51. The average molecular weight is 456 g/mol. The molecule has 0 bridgehead atoms. The number of urea groups is 1. The first-order chi connectivity index (χ1) is 11.7. The molecule has 2 amide bonds. The smallest absolute Gasteiger partial charge is 0.446 e. The molecule has 2 aromatic rings. The van der Waals surface area contributed by atoms with Gasteiger partial charge in [-0.15, -0.1) is 0 Å². The van der Waals surface area contributed by atoms with Gasteiger partial charge in [0, 0.05) is 17.6 Å². The largest absolute Gasteiger partial charge is 0.455 e. The van der Waals surface area contributed by atoms with E-state index in [9.17, 15) is 18.0 Å². The van der Waals surface area contributed by atoms with Crippen LogP contribution in [-0.2, 0) is 0 Å². The molecule has 4 nitrogen and oxygen atoms in total. The van der Waals surface area contributed by atoms with Crippen LogP contribution in [0.2, 0.25) is 5.02 Å². The summed E-state index contributed by atoms with van der Waals surface area (Å²) in [7, 11) is 1.48. The lowest BCUT2D eigenvalue weighted by Gasteiger charge is -2.13. The third-order valence-electron chi connectivity index (χ3n) is 2.76. The molecule has 2 aromatic carbocycles. The maximum absolute atomic E-state index is 12.3. The molecule has 0 aliphatic rings. The van der Waals surface area contributed by atoms with Crippen molar-refractivity contribution in [1.29, 1.82) is 0 Å². The number of carbonyl (C=O) groups excluding carboxylic acids is 1. The molecule has 0 fully saturated rings. The molecule has 10 heteroatoms. The summed E-state index contributed by atoms with van der Waals surface area (Å²) in [6.45, 7) is 0. The van der Waals surface area contributed by atoms with Gasteiger partial charge in [0.05, 0.1) is 9.50 Å². The minimum Gasteiger partial charge on any atom is -0.455 e. The van der Waals surface area contributed by atoms with E-state index in [-0.39, 0.29) is 27.4 Å². The van der Waals surface area contributed by atoms with Crippen molar-refractivity contribution in [1.82, 2.24) is 5.32 Å². The molecule has 0 heterocycles. The van der Waals surface area contributed by atoms with Crippen LogP contribution >= 0.6 is 39.3 Å². The van der Waals surface area contributed by atoms with E-state index in [0.29, 0.717) is 15.9 Å². The summed E-state index contributed by atoms with van der Waals surface area (Å²) in [5.41, 5.74) is -3.90. The lowest BCUT2D eigenvalue weighted by molar-refractivity contribution is -0.0328. The van der Waals surface area contributed by atoms with E-state index in [1.165, 1.54) is 37.4 Å². The van der Waals surface area contributed by atoms with Crippen LogP contribution in [0.5, 0.6) is 11.5 Å². The summed E-state index contributed by atoms with van der Waals surface area (Å²) in [6.07, 6.45) is 0. The van der Waals surface area contributed by atoms with Gasteiger partial charge in [0.25, 0.3) is 0 Å². The number of halogens is 5. The van der Waals surface area contributed by atoms with Crippen molar-refractivity contribution in [2.45, 2.75) is 10.4 Å². The van der Waals surface area contributed by atoms with E-state index >= 15 is 0 Å². The van der Waals surface area contributed by atoms with Crippen LogP contribution in [0.25, 0.3) is 0 Å². The van der Waals surface area contributed by atoms with E-state index < -0.39 is 11.5 Å². The number of thioether (sulfide) groups is 1. The highest BCUT2D eigenvalue weighted by Gasteiger charge is 2.29. The number of carbonyl (C=O) groups is 1. The van der Waals surface area contributed by atoms with Crippen molar-refractivity contribution in [3.05, 3.63) is 45.9 Å². The van der Waals surface area contributed by atoms with Crippen LogP contribution in [0.1, 0.15) is 0 Å². The van der Waals surface area contributed by atoms with Gasteiger partial charge in [0.1, 0.15) is 5.75 Å². The van der Waals surface area contributed by atoms with Gasteiger partial charge in [0.15, 0.2) is 5.75 Å². The van der Waals surface area contributed by atoms with Crippen LogP contribution < -0.4 is 15.4 Å². The Kier molecular flexibility index (Phi) is 6.47. The van der Waals surface area contributed by atoms with Crippen molar-refractivity contribution in [3.8, 4) is 11.5 Å². The molecular formula is C15H11BrClF3N2O2S. The third kappa shape index (κ3) is 6.02. The van der Waals surface area contributed by atoms with Gasteiger partial charge in [-0.3, -0.25) is 0 Å². The molecule has 0 aliphatic carbocycles. The minimum absolute atomic E-state index is 0.0511. The molecule has 0 radical (unpaired) electrons. The van der Waals surface area contributed by atoms with Crippen LogP contribution in [0.15, 0.2) is 45.8 Å². The van der Waals surface area contributed by atoms with Crippen molar-refractivity contribution >= 4 is 51.0 Å². The number of nitrogens with one attached hydrogen (secondary N) is 2. The molecule has 25 heavy (non-hydrogen) atoms. The number of anilines is 1. The van der Waals surface area contributed by atoms with Gasteiger partial charge >= 0.3 is 11.5 Å². The number of benzene rings is 2. The zero-order chi connectivity index (χ0) is 18.6. The molecule has 0 atom stereocenters. The van der Waals surface area contributed by atoms with E-state index in [4.69, 9.17) is 16.3 Å². The number of hydrogen-bond acceptors (Lipinski definition) is 3. The van der Waals surface area contributed by atoms with Gasteiger partial charge in [-0.05, 0) is 64.1 Å². The van der Waals surface area contributed by atoms with Crippen LogP contribution in [-0.4, -0.2) is 18.6 Å². The second-order valence-electron chi connectivity index (χ2n) is 4.59. The van der Waals surface area contributed by atoms with Crippen molar-refractivity contribution in [2.24, 2.45) is 0 Å². The number of alkyl halides is 3. The molecule has 0 spiro atoms. The van der Waals surface area contributed by atoms with E-state index in [0.717, 1.165) is 0 Å². The molecule has 0 aliphatic heterocycles. The molecule has 0 saturated heterocycles. The van der Waals surface area contributed by atoms with Gasteiger partial charge < -0.3 is 15.4 Å². The molecule has 0 aromatic heterocycles. The molecule has 0 unspecified atom stereocenters. The minimum atomic E-state index is -4.34. The first kappa shape index (κ1) is 19.7. The summed E-state index contributed by atoms with van der Waals surface area (Å²) in [5, 5.41) is 5.19. The van der Waals surface area contributed by atoms with E-state index in [1.54, 1.807) is 6.07 Å². The topological polar surface area (TPSA) is 50.4 Å². The third-order valence-corrected chi connectivity index (χ3v) is 4.37. The Morgan fingerprint density at radius 1 is 1.24 bits per heavy atom. The lowest BCUT2D eigenvalue weighted by Crippen LogP contribution is -2.24. The van der Waals surface area contributed by atoms with Gasteiger partial charge in [0.2, 0.25) is 0 Å². The monoisotopic (exact) mass is 454 g/mol. The summed E-state index contributed by atoms with van der Waals surface area (Å²) in [5.74, 6) is 0.599. The summed E-state index contributed by atoms with van der Waals surface area (Å²) < 4.78 is 43.1. The zero-order valence-corrected chi connectivity index (χ0v) is 15.7. The molecular weight excluding hydrogens is 445 g/mol. The number of hydrogen-bond donors (Lipinski definition) is 2. The van der Waals surface area contributed by atoms with Crippen molar-refractivity contribution < 1.29 is 22.7 Å². The highest BCUT2D eigenvalue weighted by molar-refractivity contribution is 9.10. The van der Waals surface area contributed by atoms with Gasteiger partial charge in [-0.2, -0.15) is 13.2 Å². The van der Waals surface area contributed by atoms with Gasteiger partial charge in [-0.1, -0.05) is 11.6 Å². The summed E-state index contributed by atoms with van der Waals surface area (Å²) in [6, 6.07) is 8.10. The second kappa shape index (κ2) is 8.20. The lowest BCUT2D eigenvalue weighted by atomic mass is 10.3. The van der Waals surface area contributed by atoms with Crippen LogP contribution in [0, 0.1) is 0 Å². The maximum atomic E-state index is 12.3. The fourth-order valence-electron chi connectivity index (χ4n) is 1.75. The molecule has 2 rings (SSSR count). The van der Waals surface area contributed by atoms with Crippen LogP contribution in [0.3, 0.4) is 0 Å². The Hall–Kier alpha value is -1.58. The highest BCUT2D eigenvalue weighted by atomic mass is 79.9. The normalized spacial score (nSPS) is 11.1. The highest BCUT2D eigenvalue weighted by Crippen LogP contribution is 2.40. The van der Waals surface area contributed by atoms with Crippen molar-refractivity contribution in [3.63, 3.8) is 0 Å². The first-order valence-electron chi connectivity index (χ1n) is 6.69. The Bertz CT molecular complexity index is 749. The standard InChI is InChI=1S/C15H11BrClF3N2O2S/c1-21-14(23)22-8-6-11(16)13(12(17)7-8)24-9-2-4-10(5-3-9)25-15(18,19)20/h2-7H,1H3,(H2,21,22,23). The number of ether oxygens (including phenoxy) is 1. The van der Waals surface area contributed by atoms with E-state index in [2.05, 4.69) is 26.6 Å². The fraction of sp³-hybridized carbons (Fsp3) is 0.133. The predicted octanol–water partition coefficient (Wildman–Crippen LogP) is 6.26. The molecule has 0 saturated carbocycles. The zero-order valence-electron chi connectivity index (χ0n) is 12.6. The van der Waals surface area contributed by atoms with Crippen molar-refractivity contribution in [2.75, 3.05) is 12.4 Å². The summed E-state index contributed by atoms with van der Waals surface area (Å²) >= 11 is 9.23. The van der Waals surface area contributed by atoms with Crippen LogP contribution in [0.4, 0.5) is 23.7 Å². The Morgan fingerprint density at radius 3 is 2.40 bits per heavy atom. The predicted molar refractivity (Wildman–Crippen MR) is 95.7 cm³/mol. The Morgan fingerprint density at radius 2 is 1.88 bits per heavy atom. The van der Waals surface area contributed by atoms with E-state index in [1.807, 2.05) is 0 Å². The fourth-order valence-corrected chi connectivity index (χ4v) is 3.20. The van der Waals surface area contributed by atoms with Gasteiger partial charge in [-0.25, -0.2) is 4.79 Å². The molecule has 2 N–H and O–H groups in total. The SMILES string of the molecule is CNC(=O)Nc1cc(Cl)c(Oc2ccc(SC(F)(F)F)cc2)c(Br)c1. The first-order valence-corrected chi connectivity index (χ1v) is 8.68. The number of rotatable bonds is 4. The Balaban J connectivity index is 2.16. The Labute approximate surface area is 159 Å². The maximum Gasteiger partial charge on any atom is 0.446 e.